The highest BCUT2D eigenvalue weighted by Crippen LogP contribution is 2.16. The van der Waals surface area contributed by atoms with Gasteiger partial charge in [-0.05, 0) is 5.92 Å². The molecule has 1 rings (SSSR count). The van der Waals surface area contributed by atoms with Crippen molar-refractivity contribution < 1.29 is 14.6 Å². The summed E-state index contributed by atoms with van der Waals surface area (Å²) in [5.41, 5.74) is 0.644. The third-order valence-corrected chi connectivity index (χ3v) is 2.18. The molecule has 5 heteroatoms. The zero-order valence-electron chi connectivity index (χ0n) is 9.88. The molecule has 0 saturated carbocycles. The predicted octanol–water partition coefficient (Wildman–Crippen LogP) is 1.14. The van der Waals surface area contributed by atoms with Crippen molar-refractivity contribution >= 4 is 5.97 Å². The molecule has 16 heavy (non-hydrogen) atoms. The third-order valence-electron chi connectivity index (χ3n) is 2.18. The summed E-state index contributed by atoms with van der Waals surface area (Å²) in [7, 11) is 1.30. The maximum atomic E-state index is 11.0. The zero-order valence-corrected chi connectivity index (χ0v) is 9.88. The van der Waals surface area contributed by atoms with E-state index in [-0.39, 0.29) is 6.42 Å². The number of rotatable bonds is 5. The van der Waals surface area contributed by atoms with Crippen molar-refractivity contribution in [3.05, 3.63) is 18.0 Å². The Morgan fingerprint density at radius 1 is 1.62 bits per heavy atom. The number of hydrogen-bond donors (Lipinski definition) is 1. The molecule has 0 radical (unpaired) electrons. The first-order valence-corrected chi connectivity index (χ1v) is 5.30. The van der Waals surface area contributed by atoms with Gasteiger partial charge in [-0.3, -0.25) is 9.48 Å². The Bertz CT molecular complexity index is 347. The first-order chi connectivity index (χ1) is 7.52. The summed E-state index contributed by atoms with van der Waals surface area (Å²) in [6.07, 6.45) is 2.46. The average Bonchev–Trinajstić information content (AvgIpc) is 2.65. The maximum Gasteiger partial charge on any atom is 0.308 e. The van der Waals surface area contributed by atoms with Gasteiger partial charge in [-0.15, -0.1) is 0 Å². The number of carbonyl (C=O) groups is 1. The van der Waals surface area contributed by atoms with E-state index in [1.807, 2.05) is 0 Å². The van der Waals surface area contributed by atoms with Gasteiger partial charge in [0.2, 0.25) is 0 Å². The van der Waals surface area contributed by atoms with Crippen molar-refractivity contribution in [2.45, 2.75) is 32.9 Å². The predicted molar refractivity (Wildman–Crippen MR) is 58.7 cm³/mol. The summed E-state index contributed by atoms with van der Waals surface area (Å²) in [5.74, 6) is 0.0645. The van der Waals surface area contributed by atoms with Crippen LogP contribution in [-0.2, 0) is 16.1 Å². The lowest BCUT2D eigenvalue weighted by atomic mass is 10.1. The summed E-state index contributed by atoms with van der Waals surface area (Å²) in [5, 5.41) is 13.8. The van der Waals surface area contributed by atoms with Crippen LogP contribution in [0.15, 0.2) is 12.4 Å². The molecule has 0 fully saturated rings. The molecular formula is C11H18N2O3. The van der Waals surface area contributed by atoms with E-state index >= 15 is 0 Å². The number of esters is 1. The lowest BCUT2D eigenvalue weighted by Crippen LogP contribution is -2.08. The number of aliphatic hydroxyl groups excluding tert-OH is 1. The Hall–Kier alpha value is -1.36. The van der Waals surface area contributed by atoms with Crippen LogP contribution in [0.1, 0.15) is 31.9 Å². The van der Waals surface area contributed by atoms with Crippen LogP contribution in [0, 0.1) is 5.92 Å². The maximum absolute atomic E-state index is 11.0. The van der Waals surface area contributed by atoms with Gasteiger partial charge in [0.25, 0.3) is 0 Å². The Morgan fingerprint density at radius 3 is 2.88 bits per heavy atom. The van der Waals surface area contributed by atoms with Gasteiger partial charge in [0.05, 0.1) is 25.8 Å². The molecule has 90 valence electrons. The van der Waals surface area contributed by atoms with Crippen molar-refractivity contribution in [1.82, 2.24) is 9.78 Å². The van der Waals surface area contributed by atoms with E-state index in [0.717, 1.165) is 6.54 Å². The van der Waals surface area contributed by atoms with E-state index < -0.39 is 12.1 Å². The Kier molecular flexibility index (Phi) is 4.49. The summed E-state index contributed by atoms with van der Waals surface area (Å²) < 4.78 is 6.25. The highest BCUT2D eigenvalue weighted by Gasteiger charge is 2.15. The van der Waals surface area contributed by atoms with E-state index in [1.54, 1.807) is 17.1 Å². The SMILES string of the molecule is COC(=O)CC(O)c1cnn(CC(C)C)c1. The molecule has 1 aromatic heterocycles. The third kappa shape index (κ3) is 3.66. The molecule has 0 aliphatic heterocycles. The van der Waals surface area contributed by atoms with Crippen LogP contribution < -0.4 is 0 Å². The van der Waals surface area contributed by atoms with Gasteiger partial charge < -0.3 is 9.84 Å². The van der Waals surface area contributed by atoms with Crippen molar-refractivity contribution in [1.29, 1.82) is 0 Å². The van der Waals surface area contributed by atoms with Gasteiger partial charge in [-0.2, -0.15) is 5.10 Å². The van der Waals surface area contributed by atoms with Crippen LogP contribution in [0.3, 0.4) is 0 Å². The Morgan fingerprint density at radius 2 is 2.31 bits per heavy atom. The second-order valence-corrected chi connectivity index (χ2v) is 4.19. The number of ether oxygens (including phenoxy) is 1. The zero-order chi connectivity index (χ0) is 12.1. The van der Waals surface area contributed by atoms with Crippen LogP contribution in [0.5, 0.6) is 0 Å². The van der Waals surface area contributed by atoms with Crippen LogP contribution in [0.4, 0.5) is 0 Å². The molecule has 1 heterocycles. The summed E-state index contributed by atoms with van der Waals surface area (Å²) in [6.45, 7) is 4.98. The van der Waals surface area contributed by atoms with E-state index in [1.165, 1.54) is 7.11 Å². The van der Waals surface area contributed by atoms with Crippen molar-refractivity contribution in [2.24, 2.45) is 5.92 Å². The lowest BCUT2D eigenvalue weighted by Gasteiger charge is -2.06. The Labute approximate surface area is 95.0 Å². The van der Waals surface area contributed by atoms with Crippen LogP contribution in [-0.4, -0.2) is 28.0 Å². The van der Waals surface area contributed by atoms with Gasteiger partial charge in [0, 0.05) is 18.3 Å². The second kappa shape index (κ2) is 5.65. The smallest absolute Gasteiger partial charge is 0.308 e. The number of nitrogens with zero attached hydrogens (tertiary/aromatic N) is 2. The largest absolute Gasteiger partial charge is 0.469 e. The van der Waals surface area contributed by atoms with Crippen molar-refractivity contribution in [2.75, 3.05) is 7.11 Å². The van der Waals surface area contributed by atoms with Gasteiger partial charge >= 0.3 is 5.97 Å². The molecule has 0 aromatic carbocycles. The fourth-order valence-corrected chi connectivity index (χ4v) is 1.38. The van der Waals surface area contributed by atoms with Crippen LogP contribution in [0.25, 0.3) is 0 Å². The Balaban J connectivity index is 2.59. The standard InChI is InChI=1S/C11H18N2O3/c1-8(2)6-13-7-9(5-12-13)10(14)4-11(15)16-3/h5,7-8,10,14H,4,6H2,1-3H3. The fourth-order valence-electron chi connectivity index (χ4n) is 1.38. The quantitative estimate of drug-likeness (QED) is 0.764. The van der Waals surface area contributed by atoms with E-state index in [2.05, 4.69) is 23.7 Å². The molecule has 1 unspecified atom stereocenters. The summed E-state index contributed by atoms with van der Waals surface area (Å²) in [6, 6.07) is 0. The molecule has 5 nitrogen and oxygen atoms in total. The number of carbonyl (C=O) groups excluding carboxylic acids is 1. The number of hydrogen-bond acceptors (Lipinski definition) is 4. The first-order valence-electron chi connectivity index (χ1n) is 5.30. The van der Waals surface area contributed by atoms with E-state index in [9.17, 15) is 9.90 Å². The molecule has 0 spiro atoms. The molecule has 0 bridgehead atoms. The van der Waals surface area contributed by atoms with Gasteiger partial charge in [-0.1, -0.05) is 13.8 Å². The van der Waals surface area contributed by atoms with Crippen molar-refractivity contribution in [3.8, 4) is 0 Å². The average molecular weight is 226 g/mol. The minimum Gasteiger partial charge on any atom is -0.469 e. The van der Waals surface area contributed by atoms with Crippen molar-refractivity contribution in [3.63, 3.8) is 0 Å². The second-order valence-electron chi connectivity index (χ2n) is 4.19. The fraction of sp³-hybridized carbons (Fsp3) is 0.636. The molecule has 0 saturated heterocycles. The normalized spacial score (nSPS) is 12.8. The molecule has 0 aliphatic carbocycles. The first kappa shape index (κ1) is 12.7. The summed E-state index contributed by atoms with van der Waals surface area (Å²) >= 11 is 0. The van der Waals surface area contributed by atoms with E-state index in [0.29, 0.717) is 11.5 Å². The molecule has 0 amide bonds. The van der Waals surface area contributed by atoms with Gasteiger partial charge in [0.15, 0.2) is 0 Å². The molecule has 1 aromatic rings. The van der Waals surface area contributed by atoms with Gasteiger partial charge in [0.1, 0.15) is 0 Å². The summed E-state index contributed by atoms with van der Waals surface area (Å²) in [4.78, 5) is 11.0. The topological polar surface area (TPSA) is 64.3 Å². The lowest BCUT2D eigenvalue weighted by molar-refractivity contribution is -0.142. The van der Waals surface area contributed by atoms with Gasteiger partial charge in [-0.25, -0.2) is 0 Å². The minimum atomic E-state index is -0.839. The van der Waals surface area contributed by atoms with Crippen LogP contribution >= 0.6 is 0 Å². The van der Waals surface area contributed by atoms with E-state index in [4.69, 9.17) is 0 Å². The number of methoxy groups -OCH3 is 1. The number of aliphatic hydroxyl groups is 1. The molecule has 1 atom stereocenters. The monoisotopic (exact) mass is 226 g/mol. The number of aromatic nitrogens is 2. The molecule has 1 N–H and O–H groups in total. The minimum absolute atomic E-state index is 0.0378. The highest BCUT2D eigenvalue weighted by atomic mass is 16.5. The van der Waals surface area contributed by atoms with Crippen LogP contribution in [0.2, 0.25) is 0 Å². The highest BCUT2D eigenvalue weighted by molar-refractivity contribution is 5.69. The molecular weight excluding hydrogens is 208 g/mol. The molecule has 0 aliphatic rings.